The second-order valence-electron chi connectivity index (χ2n) is 5.03. The quantitative estimate of drug-likeness (QED) is 0.866. The van der Waals surface area contributed by atoms with Gasteiger partial charge in [-0.1, -0.05) is 6.07 Å². The van der Waals surface area contributed by atoms with Crippen LogP contribution in [-0.2, 0) is 20.6 Å². The summed E-state index contributed by atoms with van der Waals surface area (Å²) >= 11 is 0. The minimum Gasteiger partial charge on any atom is -0.313 e. The molecule has 0 amide bonds. The lowest BCUT2D eigenvalue weighted by Crippen LogP contribution is -2.38. The lowest BCUT2D eigenvalue weighted by Gasteiger charge is -2.22. The van der Waals surface area contributed by atoms with Gasteiger partial charge in [0.05, 0.1) is 22.3 Å². The fourth-order valence-electron chi connectivity index (χ4n) is 2.27. The molecule has 21 heavy (non-hydrogen) atoms. The zero-order valence-electron chi connectivity index (χ0n) is 11.6. The molecule has 7 heteroatoms. The van der Waals surface area contributed by atoms with Crippen LogP contribution in [0.3, 0.4) is 0 Å². The van der Waals surface area contributed by atoms with E-state index in [2.05, 4.69) is 5.32 Å². The van der Waals surface area contributed by atoms with Crippen LogP contribution in [0.2, 0.25) is 0 Å². The maximum absolute atomic E-state index is 12.2. The van der Waals surface area contributed by atoms with Crippen molar-refractivity contribution in [1.82, 2.24) is 5.32 Å². The van der Waals surface area contributed by atoms with Crippen molar-refractivity contribution in [3.63, 3.8) is 0 Å². The molecule has 1 aromatic rings. The molecule has 114 valence electrons. The number of hydrogen-bond acceptors (Lipinski definition) is 5. The van der Waals surface area contributed by atoms with Crippen molar-refractivity contribution in [2.24, 2.45) is 0 Å². The molecule has 0 bridgehead atoms. The largest absolute Gasteiger partial charge is 0.313 e. The highest BCUT2D eigenvalue weighted by Crippen LogP contribution is 2.13. The maximum atomic E-state index is 12.2. The fraction of sp³-hybridized carbons (Fsp3) is 0.500. The summed E-state index contributed by atoms with van der Waals surface area (Å²) in [7, 11) is -4.08. The van der Waals surface area contributed by atoms with E-state index in [1.54, 1.807) is 12.1 Å². The molecule has 1 aliphatic heterocycles. The van der Waals surface area contributed by atoms with E-state index in [9.17, 15) is 12.6 Å². The van der Waals surface area contributed by atoms with Gasteiger partial charge in [0.1, 0.15) is 0 Å². The Bertz CT molecular complexity index is 655. The first-order valence-corrected chi connectivity index (χ1v) is 9.96. The Labute approximate surface area is 127 Å². The van der Waals surface area contributed by atoms with Crippen LogP contribution in [0.15, 0.2) is 29.2 Å². The standard InChI is InChI=1S/C14H18N2O3S2/c15-11-12-2-1-3-14(10-12)21(18,19)9-6-16-13-4-7-20(17)8-5-13/h1-3,10,13,16H,4-9H2. The smallest absolute Gasteiger partial charge is 0.179 e. The first kappa shape index (κ1) is 16.1. The predicted molar refractivity (Wildman–Crippen MR) is 82.1 cm³/mol. The molecule has 0 aliphatic carbocycles. The molecule has 0 aromatic heterocycles. The van der Waals surface area contributed by atoms with Crippen LogP contribution in [-0.4, -0.2) is 42.5 Å². The SMILES string of the molecule is N#Cc1cccc(S(=O)(=O)CCNC2CCS(=O)CC2)c1. The normalized spacial score (nSPS) is 22.6. The van der Waals surface area contributed by atoms with Gasteiger partial charge in [0.2, 0.25) is 0 Å². The van der Waals surface area contributed by atoms with Crippen LogP contribution in [0.25, 0.3) is 0 Å². The summed E-state index contributed by atoms with van der Waals surface area (Å²) in [4.78, 5) is 0.188. The number of rotatable bonds is 5. The van der Waals surface area contributed by atoms with E-state index in [1.807, 2.05) is 6.07 Å². The maximum Gasteiger partial charge on any atom is 0.179 e. The first-order valence-electron chi connectivity index (χ1n) is 6.82. The molecule has 1 aliphatic rings. The zero-order valence-corrected chi connectivity index (χ0v) is 13.3. The highest BCUT2D eigenvalue weighted by Gasteiger charge is 2.19. The summed E-state index contributed by atoms with van der Waals surface area (Å²) in [5.41, 5.74) is 0.346. The lowest BCUT2D eigenvalue weighted by molar-refractivity contribution is 0.487. The summed E-state index contributed by atoms with van der Waals surface area (Å²) in [5, 5.41) is 12.0. The number of benzene rings is 1. The molecule has 0 saturated carbocycles. The van der Waals surface area contributed by atoms with Crippen LogP contribution in [0.5, 0.6) is 0 Å². The molecule has 1 aromatic carbocycles. The topological polar surface area (TPSA) is 87.0 Å². The van der Waals surface area contributed by atoms with E-state index >= 15 is 0 Å². The number of nitrogens with one attached hydrogen (secondary N) is 1. The molecule has 0 atom stereocenters. The van der Waals surface area contributed by atoms with Crippen LogP contribution >= 0.6 is 0 Å². The Morgan fingerprint density at radius 1 is 1.33 bits per heavy atom. The van der Waals surface area contributed by atoms with Crippen molar-refractivity contribution in [2.75, 3.05) is 23.8 Å². The molecular formula is C14H18N2O3S2. The number of nitrogens with zero attached hydrogens (tertiary/aromatic N) is 1. The number of hydrogen-bond donors (Lipinski definition) is 1. The summed E-state index contributed by atoms with van der Waals surface area (Å²) in [6, 6.07) is 8.27. The molecule has 5 nitrogen and oxygen atoms in total. The van der Waals surface area contributed by atoms with Gasteiger partial charge in [0.15, 0.2) is 9.84 Å². The molecular weight excluding hydrogens is 308 g/mol. The molecule has 2 rings (SSSR count). The Hall–Kier alpha value is -1.23. The van der Waals surface area contributed by atoms with Gasteiger partial charge in [-0.15, -0.1) is 0 Å². The number of sulfone groups is 1. The average Bonchev–Trinajstić information content (AvgIpc) is 2.49. The minimum atomic E-state index is -3.38. The third-order valence-electron chi connectivity index (χ3n) is 3.51. The molecule has 1 N–H and O–H groups in total. The third-order valence-corrected chi connectivity index (χ3v) is 6.61. The monoisotopic (exact) mass is 326 g/mol. The Morgan fingerprint density at radius 2 is 2.05 bits per heavy atom. The van der Waals surface area contributed by atoms with Crippen molar-refractivity contribution < 1.29 is 12.6 Å². The van der Waals surface area contributed by atoms with E-state index in [1.165, 1.54) is 12.1 Å². The van der Waals surface area contributed by atoms with E-state index in [0.717, 1.165) is 12.8 Å². The van der Waals surface area contributed by atoms with Gasteiger partial charge in [-0.25, -0.2) is 8.42 Å². The fourth-order valence-corrected chi connectivity index (χ4v) is 4.79. The molecule has 1 heterocycles. The molecule has 1 saturated heterocycles. The van der Waals surface area contributed by atoms with Gasteiger partial charge in [0.25, 0.3) is 0 Å². The highest BCUT2D eigenvalue weighted by molar-refractivity contribution is 7.91. The van der Waals surface area contributed by atoms with Crippen LogP contribution in [0, 0.1) is 11.3 Å². The Morgan fingerprint density at radius 3 is 2.71 bits per heavy atom. The van der Waals surface area contributed by atoms with Gasteiger partial charge in [-0.3, -0.25) is 4.21 Å². The Kier molecular flexibility index (Phi) is 5.51. The average molecular weight is 326 g/mol. The number of nitriles is 1. The van der Waals surface area contributed by atoms with E-state index in [4.69, 9.17) is 5.26 Å². The van der Waals surface area contributed by atoms with E-state index < -0.39 is 20.6 Å². The van der Waals surface area contributed by atoms with Gasteiger partial charge in [-0.05, 0) is 31.0 Å². The lowest BCUT2D eigenvalue weighted by atomic mass is 10.1. The van der Waals surface area contributed by atoms with Crippen molar-refractivity contribution >= 4 is 20.6 Å². The highest BCUT2D eigenvalue weighted by atomic mass is 32.2. The van der Waals surface area contributed by atoms with Crippen molar-refractivity contribution in [3.8, 4) is 6.07 Å². The summed E-state index contributed by atoms with van der Waals surface area (Å²) in [6.07, 6.45) is 1.66. The summed E-state index contributed by atoms with van der Waals surface area (Å²) in [6.45, 7) is 0.371. The second-order valence-corrected chi connectivity index (χ2v) is 8.84. The van der Waals surface area contributed by atoms with Crippen LogP contribution < -0.4 is 5.32 Å². The van der Waals surface area contributed by atoms with E-state index in [-0.39, 0.29) is 16.7 Å². The Balaban J connectivity index is 1.89. The van der Waals surface area contributed by atoms with Gasteiger partial charge in [0, 0.05) is 34.9 Å². The second kappa shape index (κ2) is 7.16. The minimum absolute atomic E-state index is 0.00146. The molecule has 0 radical (unpaired) electrons. The van der Waals surface area contributed by atoms with Crippen molar-refractivity contribution in [3.05, 3.63) is 29.8 Å². The van der Waals surface area contributed by atoms with Crippen molar-refractivity contribution in [2.45, 2.75) is 23.8 Å². The summed E-state index contributed by atoms with van der Waals surface area (Å²) < 4.78 is 35.6. The van der Waals surface area contributed by atoms with Crippen molar-refractivity contribution in [1.29, 1.82) is 5.26 Å². The molecule has 0 spiro atoms. The zero-order chi connectivity index (χ0) is 15.3. The summed E-state index contributed by atoms with van der Waals surface area (Å²) in [5.74, 6) is 1.38. The molecule has 1 fully saturated rings. The first-order chi connectivity index (χ1) is 10.0. The predicted octanol–water partition coefficient (Wildman–Crippen LogP) is 0.833. The van der Waals surface area contributed by atoms with Gasteiger partial charge < -0.3 is 5.32 Å². The van der Waals surface area contributed by atoms with E-state index in [0.29, 0.717) is 23.6 Å². The van der Waals surface area contributed by atoms with Gasteiger partial charge >= 0.3 is 0 Å². The van der Waals surface area contributed by atoms with Crippen LogP contribution in [0.4, 0.5) is 0 Å². The van der Waals surface area contributed by atoms with Gasteiger partial charge in [-0.2, -0.15) is 5.26 Å². The van der Waals surface area contributed by atoms with Crippen LogP contribution in [0.1, 0.15) is 18.4 Å². The molecule has 0 unspecified atom stereocenters. The third kappa shape index (κ3) is 4.63.